The summed E-state index contributed by atoms with van der Waals surface area (Å²) < 4.78 is 0. The van der Waals surface area contributed by atoms with Gasteiger partial charge in [-0.1, -0.05) is 17.4 Å². The van der Waals surface area contributed by atoms with Gasteiger partial charge in [-0.15, -0.1) is 10.2 Å². The van der Waals surface area contributed by atoms with Crippen molar-refractivity contribution in [3.05, 3.63) is 35.1 Å². The maximum Gasteiger partial charge on any atom is 0.208 e. The molecule has 1 aliphatic heterocycles. The van der Waals surface area contributed by atoms with E-state index in [1.807, 2.05) is 12.3 Å². The molecule has 1 aliphatic carbocycles. The molecule has 0 unspecified atom stereocenters. The fourth-order valence-electron chi connectivity index (χ4n) is 2.67. The second-order valence-corrected chi connectivity index (χ2v) is 6.77. The molecule has 0 N–H and O–H groups in total. The maximum absolute atomic E-state index is 4.40. The van der Waals surface area contributed by atoms with Crippen LogP contribution in [0.15, 0.2) is 24.4 Å². The van der Waals surface area contributed by atoms with E-state index in [4.69, 9.17) is 0 Å². The van der Waals surface area contributed by atoms with E-state index in [1.54, 1.807) is 11.3 Å². The van der Waals surface area contributed by atoms with Crippen molar-refractivity contribution in [2.75, 3.05) is 31.1 Å². The molecule has 2 aromatic rings. The van der Waals surface area contributed by atoms with Gasteiger partial charge in [0, 0.05) is 44.8 Å². The molecule has 0 spiro atoms. The zero-order chi connectivity index (χ0) is 14.1. The predicted molar refractivity (Wildman–Crippen MR) is 83.6 cm³/mol. The van der Waals surface area contributed by atoms with E-state index in [0.717, 1.165) is 43.5 Å². The van der Waals surface area contributed by atoms with Gasteiger partial charge in [-0.25, -0.2) is 0 Å². The summed E-state index contributed by atoms with van der Waals surface area (Å²) >= 11 is 1.79. The van der Waals surface area contributed by atoms with E-state index >= 15 is 0 Å². The summed E-state index contributed by atoms with van der Waals surface area (Å²) in [5.41, 5.74) is 1.15. The van der Waals surface area contributed by atoms with Crippen LogP contribution in [0.5, 0.6) is 0 Å². The van der Waals surface area contributed by atoms with Crippen LogP contribution in [0.2, 0.25) is 0 Å². The Hall–Kier alpha value is -1.53. The fourth-order valence-corrected chi connectivity index (χ4v) is 3.73. The molecule has 0 bridgehead atoms. The first-order chi connectivity index (χ1) is 10.4. The standard InChI is InChI=1S/C15H19N5S/c1-2-6-16-13(3-1)11-19-7-9-20(10-8-19)15-18-17-14(21-15)12-4-5-12/h1-3,6,12H,4-5,7-11H2. The number of hydrogen-bond acceptors (Lipinski definition) is 6. The van der Waals surface area contributed by atoms with Crippen LogP contribution in [0.4, 0.5) is 5.13 Å². The first-order valence-electron chi connectivity index (χ1n) is 7.59. The minimum atomic E-state index is 0.710. The molecule has 0 radical (unpaired) electrons. The Labute approximate surface area is 128 Å². The third kappa shape index (κ3) is 3.06. The highest BCUT2D eigenvalue weighted by Gasteiger charge is 2.29. The van der Waals surface area contributed by atoms with Gasteiger partial charge in [0.2, 0.25) is 5.13 Å². The molecule has 5 nitrogen and oxygen atoms in total. The summed E-state index contributed by atoms with van der Waals surface area (Å²) in [5, 5.41) is 11.1. The number of piperazine rings is 1. The zero-order valence-electron chi connectivity index (χ0n) is 12.0. The molecular formula is C15H19N5S. The van der Waals surface area contributed by atoms with Crippen molar-refractivity contribution in [3.63, 3.8) is 0 Å². The summed E-state index contributed by atoms with van der Waals surface area (Å²) in [6, 6.07) is 6.12. The van der Waals surface area contributed by atoms with Gasteiger partial charge in [-0.2, -0.15) is 0 Å². The normalized spacial score (nSPS) is 19.9. The van der Waals surface area contributed by atoms with Crippen molar-refractivity contribution in [1.82, 2.24) is 20.1 Å². The second-order valence-electron chi connectivity index (χ2n) is 5.78. The van der Waals surface area contributed by atoms with E-state index in [2.05, 4.69) is 37.1 Å². The van der Waals surface area contributed by atoms with E-state index in [0.29, 0.717) is 5.92 Å². The number of nitrogens with zero attached hydrogens (tertiary/aromatic N) is 5. The van der Waals surface area contributed by atoms with Crippen LogP contribution in [0.1, 0.15) is 29.5 Å². The number of aromatic nitrogens is 3. The van der Waals surface area contributed by atoms with E-state index < -0.39 is 0 Å². The summed E-state index contributed by atoms with van der Waals surface area (Å²) in [5.74, 6) is 0.710. The topological polar surface area (TPSA) is 45.2 Å². The third-order valence-electron chi connectivity index (χ3n) is 4.11. The van der Waals surface area contributed by atoms with Crippen molar-refractivity contribution >= 4 is 16.5 Å². The SMILES string of the molecule is c1ccc(CN2CCN(c3nnc(C4CC4)s3)CC2)nc1. The Bertz CT molecular complexity index is 587. The first-order valence-corrected chi connectivity index (χ1v) is 8.41. The lowest BCUT2D eigenvalue weighted by Crippen LogP contribution is -2.46. The van der Waals surface area contributed by atoms with E-state index in [1.165, 1.54) is 17.8 Å². The van der Waals surface area contributed by atoms with Gasteiger partial charge in [0.15, 0.2) is 0 Å². The van der Waals surface area contributed by atoms with Crippen molar-refractivity contribution in [2.24, 2.45) is 0 Å². The monoisotopic (exact) mass is 301 g/mol. The molecule has 3 heterocycles. The van der Waals surface area contributed by atoms with Crippen LogP contribution in [0, 0.1) is 0 Å². The smallest absolute Gasteiger partial charge is 0.208 e. The summed E-state index contributed by atoms with van der Waals surface area (Å²) in [4.78, 5) is 9.24. The Kier molecular flexibility index (Phi) is 3.57. The maximum atomic E-state index is 4.40. The Balaban J connectivity index is 1.33. The minimum absolute atomic E-state index is 0.710. The molecular weight excluding hydrogens is 282 g/mol. The molecule has 2 fully saturated rings. The van der Waals surface area contributed by atoms with Gasteiger partial charge in [0.1, 0.15) is 5.01 Å². The number of pyridine rings is 1. The molecule has 0 atom stereocenters. The number of hydrogen-bond donors (Lipinski definition) is 0. The molecule has 6 heteroatoms. The van der Waals surface area contributed by atoms with Crippen LogP contribution in [-0.4, -0.2) is 46.3 Å². The predicted octanol–water partition coefficient (Wildman–Crippen LogP) is 2.13. The largest absolute Gasteiger partial charge is 0.344 e. The fraction of sp³-hybridized carbons (Fsp3) is 0.533. The Morgan fingerprint density at radius 2 is 1.95 bits per heavy atom. The molecule has 4 rings (SSSR count). The van der Waals surface area contributed by atoms with Crippen LogP contribution >= 0.6 is 11.3 Å². The van der Waals surface area contributed by atoms with Gasteiger partial charge in [-0.3, -0.25) is 9.88 Å². The van der Waals surface area contributed by atoms with Gasteiger partial charge < -0.3 is 4.90 Å². The van der Waals surface area contributed by atoms with Crippen LogP contribution in [0.3, 0.4) is 0 Å². The van der Waals surface area contributed by atoms with Crippen LogP contribution < -0.4 is 4.90 Å². The highest BCUT2D eigenvalue weighted by Crippen LogP contribution is 2.42. The molecule has 1 saturated carbocycles. The van der Waals surface area contributed by atoms with Crippen LogP contribution in [-0.2, 0) is 6.54 Å². The highest BCUT2D eigenvalue weighted by atomic mass is 32.1. The van der Waals surface area contributed by atoms with E-state index in [-0.39, 0.29) is 0 Å². The van der Waals surface area contributed by atoms with E-state index in [9.17, 15) is 0 Å². The number of anilines is 1. The van der Waals surface area contributed by atoms with Crippen molar-refractivity contribution < 1.29 is 0 Å². The van der Waals surface area contributed by atoms with Gasteiger partial charge >= 0.3 is 0 Å². The second kappa shape index (κ2) is 5.69. The minimum Gasteiger partial charge on any atom is -0.344 e. The van der Waals surface area contributed by atoms with Crippen molar-refractivity contribution in [2.45, 2.75) is 25.3 Å². The molecule has 0 amide bonds. The molecule has 2 aliphatic rings. The summed E-state index contributed by atoms with van der Waals surface area (Å²) in [6.45, 7) is 5.14. The zero-order valence-corrected chi connectivity index (χ0v) is 12.8. The highest BCUT2D eigenvalue weighted by molar-refractivity contribution is 7.15. The lowest BCUT2D eigenvalue weighted by Gasteiger charge is -2.34. The average molecular weight is 301 g/mol. The van der Waals surface area contributed by atoms with Gasteiger partial charge in [-0.05, 0) is 25.0 Å². The lowest BCUT2D eigenvalue weighted by molar-refractivity contribution is 0.247. The third-order valence-corrected chi connectivity index (χ3v) is 5.26. The van der Waals surface area contributed by atoms with Crippen LogP contribution in [0.25, 0.3) is 0 Å². The quantitative estimate of drug-likeness (QED) is 0.865. The van der Waals surface area contributed by atoms with Crippen molar-refractivity contribution in [3.8, 4) is 0 Å². The lowest BCUT2D eigenvalue weighted by atomic mass is 10.3. The molecule has 110 valence electrons. The molecule has 0 aromatic carbocycles. The summed E-state index contributed by atoms with van der Waals surface area (Å²) in [6.07, 6.45) is 4.46. The van der Waals surface area contributed by atoms with Crippen molar-refractivity contribution in [1.29, 1.82) is 0 Å². The Morgan fingerprint density at radius 1 is 1.10 bits per heavy atom. The van der Waals surface area contributed by atoms with Gasteiger partial charge in [0.05, 0.1) is 5.69 Å². The molecule has 2 aromatic heterocycles. The summed E-state index contributed by atoms with van der Waals surface area (Å²) in [7, 11) is 0. The van der Waals surface area contributed by atoms with Gasteiger partial charge in [0.25, 0.3) is 0 Å². The Morgan fingerprint density at radius 3 is 2.67 bits per heavy atom. The molecule has 1 saturated heterocycles. The first kappa shape index (κ1) is 13.2. The average Bonchev–Trinajstić information content (AvgIpc) is 3.27. The number of rotatable bonds is 4. The molecule has 21 heavy (non-hydrogen) atoms.